The molecule has 4 aromatic rings. The molecule has 0 radical (unpaired) electrons. The van der Waals surface area contributed by atoms with Gasteiger partial charge in [0, 0.05) is 31.9 Å². The van der Waals surface area contributed by atoms with Gasteiger partial charge in [0.1, 0.15) is 29.6 Å². The fourth-order valence-electron chi connectivity index (χ4n) is 5.19. The maximum absolute atomic E-state index is 14.3. The molecule has 0 saturated carbocycles. The molecule has 6 rings (SSSR count). The molecular weight excluding hydrogens is 684 g/mol. The first-order chi connectivity index (χ1) is 25.1. The molecule has 6 N–H and O–H groups in total. The Bertz CT molecular complexity index is 2000. The van der Waals surface area contributed by atoms with E-state index in [4.69, 9.17) is 20.0 Å². The zero-order chi connectivity index (χ0) is 37.0. The highest BCUT2D eigenvalue weighted by atomic mass is 19.1. The van der Waals surface area contributed by atoms with Gasteiger partial charge in [-0.2, -0.15) is 10.5 Å². The summed E-state index contributed by atoms with van der Waals surface area (Å²) in [6.45, 7) is 3.79. The van der Waals surface area contributed by atoms with E-state index in [1.807, 2.05) is 0 Å². The Morgan fingerprint density at radius 1 is 0.635 bits per heavy atom. The highest BCUT2D eigenvalue weighted by molar-refractivity contribution is 6.00. The Morgan fingerprint density at radius 3 is 1.67 bits per heavy atom. The van der Waals surface area contributed by atoms with E-state index in [-0.39, 0.29) is 46.1 Å². The molecule has 4 aromatic carbocycles. The van der Waals surface area contributed by atoms with Crippen molar-refractivity contribution in [3.8, 4) is 12.1 Å². The minimum atomic E-state index is -0.845. The summed E-state index contributed by atoms with van der Waals surface area (Å²) >= 11 is 0. The minimum absolute atomic E-state index is 0.00219. The average Bonchev–Trinajstić information content (AvgIpc) is 3.16. The number of ether oxygens (including phenoxy) is 2. The number of carbonyl (C=O) groups excluding carboxylic acids is 2. The number of nitriles is 2. The van der Waals surface area contributed by atoms with E-state index in [9.17, 15) is 27.2 Å². The number of halogens is 4. The van der Waals surface area contributed by atoms with Crippen LogP contribution in [0.15, 0.2) is 72.8 Å². The summed E-state index contributed by atoms with van der Waals surface area (Å²) < 4.78 is 66.9. The lowest BCUT2D eigenvalue weighted by Crippen LogP contribution is -2.33. The first-order valence-corrected chi connectivity index (χ1v) is 15.9. The number of carbonyl (C=O) groups is 2. The molecule has 0 bridgehead atoms. The van der Waals surface area contributed by atoms with Gasteiger partial charge in [0.2, 0.25) is 0 Å². The fourth-order valence-corrected chi connectivity index (χ4v) is 5.19. The van der Waals surface area contributed by atoms with Crippen molar-refractivity contribution < 1.29 is 36.6 Å². The third-order valence-electron chi connectivity index (χ3n) is 7.79. The maximum atomic E-state index is 14.3. The van der Waals surface area contributed by atoms with Crippen LogP contribution in [-0.4, -0.2) is 51.5 Å². The van der Waals surface area contributed by atoms with Gasteiger partial charge in [-0.05, 0) is 65.7 Å². The molecule has 268 valence electrons. The number of nitrogens with one attached hydrogen (secondary N) is 6. The van der Waals surface area contributed by atoms with Gasteiger partial charge < -0.3 is 41.4 Å². The Labute approximate surface area is 295 Å². The lowest BCUT2D eigenvalue weighted by Gasteiger charge is -2.24. The zero-order valence-corrected chi connectivity index (χ0v) is 27.4. The molecular formula is C36H32F4N8O4. The second-order valence-electron chi connectivity index (χ2n) is 11.3. The number of anilines is 4. The van der Waals surface area contributed by atoms with Crippen LogP contribution in [0.1, 0.15) is 34.5 Å². The van der Waals surface area contributed by atoms with Crippen molar-refractivity contribution in [2.24, 2.45) is 0 Å². The summed E-state index contributed by atoms with van der Waals surface area (Å²) in [4.78, 5) is 24.0. The third-order valence-corrected chi connectivity index (χ3v) is 7.79. The monoisotopic (exact) mass is 716 g/mol. The molecule has 2 aliphatic rings. The largest absolute Gasteiger partial charge is 0.371 e. The molecule has 2 heterocycles. The number of nitrogens with zero attached hydrogens (tertiary/aromatic N) is 2. The van der Waals surface area contributed by atoms with Gasteiger partial charge in [-0.25, -0.2) is 27.2 Å². The van der Waals surface area contributed by atoms with Crippen molar-refractivity contribution >= 4 is 34.8 Å². The molecule has 2 saturated heterocycles. The number of hydrogen-bond donors (Lipinski definition) is 6. The smallest absolute Gasteiger partial charge is 0.323 e. The molecule has 4 amide bonds. The van der Waals surface area contributed by atoms with E-state index in [1.165, 1.54) is 54.6 Å². The molecule has 2 aliphatic heterocycles. The number of morpholine rings is 2. The van der Waals surface area contributed by atoms with Crippen molar-refractivity contribution in [2.75, 3.05) is 60.7 Å². The summed E-state index contributed by atoms with van der Waals surface area (Å²) in [5.41, 5.74) is 0.953. The van der Waals surface area contributed by atoms with Crippen LogP contribution in [0, 0.1) is 45.9 Å². The molecule has 52 heavy (non-hydrogen) atoms. The maximum Gasteiger partial charge on any atom is 0.323 e. The highest BCUT2D eigenvalue weighted by Gasteiger charge is 2.20. The predicted octanol–water partition coefficient (Wildman–Crippen LogP) is 6.28. The number of amides is 4. The number of urea groups is 2. The molecule has 2 atom stereocenters. The van der Waals surface area contributed by atoms with Gasteiger partial charge in [0.25, 0.3) is 0 Å². The van der Waals surface area contributed by atoms with Crippen molar-refractivity contribution in [3.05, 3.63) is 118 Å². The van der Waals surface area contributed by atoms with Crippen molar-refractivity contribution in [2.45, 2.75) is 12.2 Å². The van der Waals surface area contributed by atoms with Crippen LogP contribution in [0.25, 0.3) is 0 Å². The van der Waals surface area contributed by atoms with Crippen molar-refractivity contribution in [3.63, 3.8) is 0 Å². The molecule has 2 fully saturated rings. The summed E-state index contributed by atoms with van der Waals surface area (Å²) in [6.07, 6.45) is -0.478. The molecule has 16 heteroatoms. The minimum Gasteiger partial charge on any atom is -0.371 e. The lowest BCUT2D eigenvalue weighted by atomic mass is 10.1. The molecule has 0 aromatic heterocycles. The predicted molar refractivity (Wildman–Crippen MR) is 183 cm³/mol. The molecule has 0 aliphatic carbocycles. The Hall–Kier alpha value is -6.04. The molecule has 0 spiro atoms. The summed E-state index contributed by atoms with van der Waals surface area (Å²) in [5.74, 6) is -2.75. The van der Waals surface area contributed by atoms with Crippen LogP contribution >= 0.6 is 0 Å². The van der Waals surface area contributed by atoms with E-state index >= 15 is 0 Å². The van der Waals surface area contributed by atoms with Gasteiger partial charge in [-0.3, -0.25) is 0 Å². The third kappa shape index (κ3) is 9.81. The first kappa shape index (κ1) is 37.2. The average molecular weight is 717 g/mol. The summed E-state index contributed by atoms with van der Waals surface area (Å²) in [7, 11) is 0. The van der Waals surface area contributed by atoms with E-state index in [0.29, 0.717) is 37.4 Å². The number of rotatable bonds is 6. The fraction of sp³-hybridized carbons (Fsp3) is 0.222. The molecule has 12 nitrogen and oxygen atoms in total. The van der Waals surface area contributed by atoms with Crippen LogP contribution < -0.4 is 31.9 Å². The first-order valence-electron chi connectivity index (χ1n) is 15.9. The lowest BCUT2D eigenvalue weighted by molar-refractivity contribution is 0.0275. The summed E-state index contributed by atoms with van der Waals surface area (Å²) in [5, 5.41) is 33.3. The Balaban J connectivity index is 0.000000201. The van der Waals surface area contributed by atoms with Crippen molar-refractivity contribution in [1.29, 1.82) is 10.5 Å². The van der Waals surface area contributed by atoms with Crippen LogP contribution in [-0.2, 0) is 9.47 Å². The van der Waals surface area contributed by atoms with Crippen LogP contribution in [0.2, 0.25) is 0 Å². The highest BCUT2D eigenvalue weighted by Crippen LogP contribution is 2.26. The van der Waals surface area contributed by atoms with Gasteiger partial charge in [-0.15, -0.1) is 0 Å². The number of benzene rings is 4. The van der Waals surface area contributed by atoms with Gasteiger partial charge in [-0.1, -0.05) is 18.2 Å². The van der Waals surface area contributed by atoms with E-state index in [1.54, 1.807) is 24.3 Å². The quantitative estimate of drug-likeness (QED) is 0.127. The summed E-state index contributed by atoms with van der Waals surface area (Å²) in [6, 6.07) is 18.3. The number of hydrogen-bond acceptors (Lipinski definition) is 8. The van der Waals surface area contributed by atoms with Crippen LogP contribution in [0.4, 0.5) is 49.9 Å². The standard InChI is InChI=1S/2C18H16F2N4O2/c19-14-3-2-13(7-12(14)9-21)23-18(25)24-16-4-1-11(8-15(16)20)17-10-22-5-6-26-17;19-13-8-11(16-10-22-6-7-26-16)4-5-14(13)23-18(25)24-15-3-1-2-12(9-21)17(15)20/h1-4,7-8,17,22H,5-6,10H2,(H2,23,24,25);1-5,8,16,22H,6-7,10H2,(H2,23,24,25)/t17-;16-/m00/s1. The van der Waals surface area contributed by atoms with Gasteiger partial charge >= 0.3 is 12.1 Å². The van der Waals surface area contributed by atoms with E-state index in [0.717, 1.165) is 19.2 Å². The zero-order valence-electron chi connectivity index (χ0n) is 27.4. The van der Waals surface area contributed by atoms with Crippen molar-refractivity contribution in [1.82, 2.24) is 10.6 Å². The normalized spacial score (nSPS) is 16.6. The van der Waals surface area contributed by atoms with E-state index in [2.05, 4.69) is 31.9 Å². The van der Waals surface area contributed by atoms with Gasteiger partial charge in [0.15, 0.2) is 5.82 Å². The van der Waals surface area contributed by atoms with Crippen LogP contribution in [0.5, 0.6) is 0 Å². The molecule has 0 unspecified atom stereocenters. The van der Waals surface area contributed by atoms with Crippen LogP contribution in [0.3, 0.4) is 0 Å². The Morgan fingerprint density at radius 2 is 1.17 bits per heavy atom. The Kier molecular flexibility index (Phi) is 12.7. The SMILES string of the molecule is N#Cc1cc(NC(=O)Nc2ccc([C@@H]3CNCCO3)cc2F)ccc1F.N#Cc1cccc(NC(=O)Nc2ccc([C@@H]3CNCCO3)cc2F)c1F. The second-order valence-corrected chi connectivity index (χ2v) is 11.3. The topological polar surface area (TPSA) is 172 Å². The van der Waals surface area contributed by atoms with Gasteiger partial charge in [0.05, 0.1) is 53.6 Å². The van der Waals surface area contributed by atoms with E-state index < -0.39 is 35.3 Å². The second kappa shape index (κ2) is 17.8.